The van der Waals surface area contributed by atoms with E-state index in [9.17, 15) is 4.39 Å². The molecule has 0 bridgehead atoms. The summed E-state index contributed by atoms with van der Waals surface area (Å²) >= 11 is 0. The third-order valence-electron chi connectivity index (χ3n) is 5.13. The molecule has 1 aliphatic carbocycles. The zero-order chi connectivity index (χ0) is 16.4. The van der Waals surface area contributed by atoms with Crippen molar-refractivity contribution < 1.29 is 8.81 Å². The lowest BCUT2D eigenvalue weighted by atomic mass is 9.91. The van der Waals surface area contributed by atoms with Gasteiger partial charge in [0.2, 0.25) is 11.8 Å². The van der Waals surface area contributed by atoms with Gasteiger partial charge in [-0.15, -0.1) is 10.2 Å². The van der Waals surface area contributed by atoms with Crippen molar-refractivity contribution in [2.75, 3.05) is 13.1 Å². The summed E-state index contributed by atoms with van der Waals surface area (Å²) in [5, 5.41) is 8.38. The van der Waals surface area contributed by atoms with Gasteiger partial charge in [0.1, 0.15) is 5.82 Å². The zero-order valence-corrected chi connectivity index (χ0v) is 14.0. The SMILES string of the molecule is Fc1ccc(CC[C@H]2CCCN(Cc3nnc(C4CC4)o3)C2)cc1. The van der Waals surface area contributed by atoms with E-state index in [2.05, 4.69) is 15.1 Å². The van der Waals surface area contributed by atoms with Crippen molar-refractivity contribution in [3.63, 3.8) is 0 Å². The number of aryl methyl sites for hydroxylation is 1. The third kappa shape index (κ3) is 4.01. The summed E-state index contributed by atoms with van der Waals surface area (Å²) in [4.78, 5) is 2.43. The largest absolute Gasteiger partial charge is 0.424 e. The van der Waals surface area contributed by atoms with E-state index in [4.69, 9.17) is 4.42 Å². The quantitative estimate of drug-likeness (QED) is 0.805. The zero-order valence-electron chi connectivity index (χ0n) is 14.0. The molecule has 1 saturated carbocycles. The van der Waals surface area contributed by atoms with Gasteiger partial charge < -0.3 is 4.42 Å². The average Bonchev–Trinajstić information content (AvgIpc) is 3.35. The van der Waals surface area contributed by atoms with Gasteiger partial charge in [0.15, 0.2) is 0 Å². The van der Waals surface area contributed by atoms with Crippen molar-refractivity contribution in [1.29, 1.82) is 0 Å². The van der Waals surface area contributed by atoms with Crippen LogP contribution in [0.1, 0.15) is 55.4 Å². The molecule has 2 heterocycles. The molecule has 0 radical (unpaired) electrons. The van der Waals surface area contributed by atoms with Gasteiger partial charge in [-0.3, -0.25) is 4.90 Å². The van der Waals surface area contributed by atoms with Gasteiger partial charge in [-0.25, -0.2) is 4.39 Å². The first-order valence-corrected chi connectivity index (χ1v) is 9.05. The van der Waals surface area contributed by atoms with Crippen LogP contribution in [0.3, 0.4) is 0 Å². The molecule has 0 unspecified atom stereocenters. The molecule has 0 amide bonds. The number of aromatic nitrogens is 2. The Morgan fingerprint density at radius 1 is 1.12 bits per heavy atom. The molecule has 24 heavy (non-hydrogen) atoms. The van der Waals surface area contributed by atoms with E-state index in [1.54, 1.807) is 12.1 Å². The topological polar surface area (TPSA) is 42.2 Å². The predicted molar refractivity (Wildman–Crippen MR) is 89.0 cm³/mol. The molecule has 2 aromatic rings. The predicted octanol–water partition coefficient (Wildman–Crippen LogP) is 3.93. The van der Waals surface area contributed by atoms with Gasteiger partial charge in [0.25, 0.3) is 0 Å². The first-order valence-electron chi connectivity index (χ1n) is 9.05. The maximum absolute atomic E-state index is 13.0. The van der Waals surface area contributed by atoms with Crippen LogP contribution in [0.15, 0.2) is 28.7 Å². The summed E-state index contributed by atoms with van der Waals surface area (Å²) < 4.78 is 18.8. The Morgan fingerprint density at radius 3 is 2.75 bits per heavy atom. The minimum Gasteiger partial charge on any atom is -0.424 e. The monoisotopic (exact) mass is 329 g/mol. The van der Waals surface area contributed by atoms with E-state index in [-0.39, 0.29) is 5.82 Å². The van der Waals surface area contributed by atoms with Gasteiger partial charge in [-0.1, -0.05) is 12.1 Å². The van der Waals surface area contributed by atoms with Crippen LogP contribution in [0.25, 0.3) is 0 Å². The lowest BCUT2D eigenvalue weighted by Gasteiger charge is -2.31. The van der Waals surface area contributed by atoms with Crippen LogP contribution in [0, 0.1) is 11.7 Å². The summed E-state index contributed by atoms with van der Waals surface area (Å²) in [7, 11) is 0. The Kier molecular flexibility index (Phi) is 4.60. The third-order valence-corrected chi connectivity index (χ3v) is 5.13. The molecule has 0 spiro atoms. The Balaban J connectivity index is 1.27. The molecule has 1 atom stereocenters. The molecule has 1 saturated heterocycles. The van der Waals surface area contributed by atoms with Gasteiger partial charge >= 0.3 is 0 Å². The highest BCUT2D eigenvalue weighted by molar-refractivity contribution is 5.16. The molecule has 5 heteroatoms. The molecule has 128 valence electrons. The van der Waals surface area contributed by atoms with E-state index in [0.29, 0.717) is 11.8 Å². The lowest BCUT2D eigenvalue weighted by Crippen LogP contribution is -2.35. The van der Waals surface area contributed by atoms with Crippen molar-refractivity contribution in [2.24, 2.45) is 5.92 Å². The maximum Gasteiger partial charge on any atom is 0.230 e. The van der Waals surface area contributed by atoms with E-state index in [1.165, 1.54) is 31.2 Å². The molecule has 4 rings (SSSR count). The van der Waals surface area contributed by atoms with Crippen molar-refractivity contribution >= 4 is 0 Å². The van der Waals surface area contributed by atoms with Crippen LogP contribution in [0.2, 0.25) is 0 Å². The molecule has 2 aliphatic rings. The van der Waals surface area contributed by atoms with Gasteiger partial charge in [-0.05, 0) is 68.7 Å². The first-order chi connectivity index (χ1) is 11.8. The Morgan fingerprint density at radius 2 is 1.96 bits per heavy atom. The first kappa shape index (κ1) is 15.8. The fourth-order valence-electron chi connectivity index (χ4n) is 3.57. The molecular weight excluding hydrogens is 305 g/mol. The van der Waals surface area contributed by atoms with Crippen molar-refractivity contribution in [1.82, 2.24) is 15.1 Å². The summed E-state index contributed by atoms with van der Waals surface area (Å²) in [5.41, 5.74) is 1.22. The van der Waals surface area contributed by atoms with E-state index in [0.717, 1.165) is 44.3 Å². The molecule has 2 fully saturated rings. The van der Waals surface area contributed by atoms with Gasteiger partial charge in [-0.2, -0.15) is 0 Å². The Labute approximate surface area is 142 Å². The number of rotatable bonds is 6. The normalized spacial score (nSPS) is 22.0. The van der Waals surface area contributed by atoms with Gasteiger partial charge in [0, 0.05) is 12.5 Å². The molecular formula is C19H24FN3O. The molecule has 4 nitrogen and oxygen atoms in total. The summed E-state index contributed by atoms with van der Waals surface area (Å²) in [5.74, 6) is 2.64. The molecule has 1 aromatic carbocycles. The standard InChI is InChI=1S/C19H24FN3O/c20-17-9-5-14(6-10-17)3-4-15-2-1-11-23(12-15)13-18-21-22-19(24-18)16-7-8-16/h5-6,9-10,15-16H,1-4,7-8,11-13H2/t15-/m1/s1. The van der Waals surface area contributed by atoms with Crippen molar-refractivity contribution in [3.8, 4) is 0 Å². The van der Waals surface area contributed by atoms with Gasteiger partial charge in [0.05, 0.1) is 6.54 Å². The van der Waals surface area contributed by atoms with E-state index >= 15 is 0 Å². The highest BCUT2D eigenvalue weighted by Gasteiger charge is 2.30. The highest BCUT2D eigenvalue weighted by atomic mass is 19.1. The smallest absolute Gasteiger partial charge is 0.230 e. The summed E-state index contributed by atoms with van der Waals surface area (Å²) in [6.07, 6.45) is 7.05. The number of hydrogen-bond donors (Lipinski definition) is 0. The van der Waals surface area contributed by atoms with Crippen LogP contribution in [-0.4, -0.2) is 28.2 Å². The highest BCUT2D eigenvalue weighted by Crippen LogP contribution is 2.39. The molecule has 0 N–H and O–H groups in total. The second-order valence-electron chi connectivity index (χ2n) is 7.22. The number of benzene rings is 1. The minimum atomic E-state index is -0.160. The number of hydrogen-bond acceptors (Lipinski definition) is 4. The second kappa shape index (κ2) is 7.01. The summed E-state index contributed by atoms with van der Waals surface area (Å²) in [6.45, 7) is 2.96. The van der Waals surface area contributed by atoms with Crippen LogP contribution in [0.4, 0.5) is 4.39 Å². The summed E-state index contributed by atoms with van der Waals surface area (Å²) in [6, 6.07) is 6.90. The van der Waals surface area contributed by atoms with Crippen molar-refractivity contribution in [3.05, 3.63) is 47.4 Å². The van der Waals surface area contributed by atoms with Crippen LogP contribution >= 0.6 is 0 Å². The Hall–Kier alpha value is -1.75. The molecule has 1 aliphatic heterocycles. The van der Waals surface area contributed by atoms with Crippen LogP contribution < -0.4 is 0 Å². The number of piperidine rings is 1. The second-order valence-corrected chi connectivity index (χ2v) is 7.22. The average molecular weight is 329 g/mol. The van der Waals surface area contributed by atoms with E-state index < -0.39 is 0 Å². The minimum absolute atomic E-state index is 0.160. The lowest BCUT2D eigenvalue weighted by molar-refractivity contribution is 0.149. The Bertz CT molecular complexity index is 666. The maximum atomic E-state index is 13.0. The van der Waals surface area contributed by atoms with Crippen LogP contribution in [0.5, 0.6) is 0 Å². The number of nitrogens with zero attached hydrogens (tertiary/aromatic N) is 3. The van der Waals surface area contributed by atoms with E-state index in [1.807, 2.05) is 12.1 Å². The van der Waals surface area contributed by atoms with Crippen molar-refractivity contribution in [2.45, 2.75) is 51.0 Å². The van der Waals surface area contributed by atoms with Crippen LogP contribution in [-0.2, 0) is 13.0 Å². The number of halogens is 1. The fraction of sp³-hybridized carbons (Fsp3) is 0.579. The number of likely N-dealkylation sites (tertiary alicyclic amines) is 1. The fourth-order valence-corrected chi connectivity index (χ4v) is 3.57. The molecule has 1 aromatic heterocycles.